The van der Waals surface area contributed by atoms with E-state index < -0.39 is 267 Å². The number of hydrogen-bond acceptors (Lipinski definition) is 31. The molecule has 0 saturated heterocycles. The predicted molar refractivity (Wildman–Crippen MR) is 277 cm³/mol. The van der Waals surface area contributed by atoms with Gasteiger partial charge in [0.2, 0.25) is 23.0 Å². The molecule has 0 aromatic heterocycles. The number of aliphatic hydroxyl groups is 1. The Morgan fingerprint density at radius 2 is 0.908 bits per heavy atom. The first kappa shape index (κ1) is 56.7. The van der Waals surface area contributed by atoms with Crippen LogP contribution in [0.25, 0.3) is 22.3 Å². The van der Waals surface area contributed by atoms with Crippen LogP contribution in [0.3, 0.4) is 0 Å². The van der Waals surface area contributed by atoms with Crippen molar-refractivity contribution in [3.05, 3.63) is 105 Å². The number of esters is 5. The number of ether oxygens (including phenoxy) is 6. The van der Waals surface area contributed by atoms with Gasteiger partial charge in [-0.05, 0) is 48.0 Å². The molecule has 7 atom stereocenters. The van der Waals surface area contributed by atoms with E-state index in [9.17, 15) is 112 Å². The van der Waals surface area contributed by atoms with E-state index in [-0.39, 0.29) is 5.56 Å². The smallest absolute Gasteiger partial charge is 0.339 e. The lowest BCUT2D eigenvalue weighted by molar-refractivity contribution is -0.135. The molecule has 4 aliphatic rings. The second kappa shape index (κ2) is 20.0. The highest BCUT2D eigenvalue weighted by Crippen LogP contribution is 2.62. The van der Waals surface area contributed by atoms with Crippen molar-refractivity contribution in [1.82, 2.24) is 0 Å². The van der Waals surface area contributed by atoms with Gasteiger partial charge >= 0.3 is 29.8 Å². The van der Waals surface area contributed by atoms with Gasteiger partial charge in [-0.25, -0.2) is 24.0 Å². The van der Waals surface area contributed by atoms with Gasteiger partial charge < -0.3 is 131 Å². The number of phenols is 19. The number of aromatic hydroxyl groups is 19. The number of aliphatic hydroxyl groups excluding tert-OH is 1. The van der Waals surface area contributed by atoms with Crippen molar-refractivity contribution in [2.75, 3.05) is 6.61 Å². The zero-order chi connectivity index (χ0) is 63.0. The molecule has 450 valence electrons. The summed E-state index contributed by atoms with van der Waals surface area (Å²) in [6, 6.07) is 6.01. The van der Waals surface area contributed by atoms with Gasteiger partial charge in [0.1, 0.15) is 30.0 Å². The molecule has 2 bridgehead atoms. The quantitative estimate of drug-likeness (QED) is 0.0668. The number of phenolic OH excluding ortho intramolecular Hbond substituents is 19. The van der Waals surface area contributed by atoms with Crippen molar-refractivity contribution in [2.24, 2.45) is 0 Å². The monoisotopic (exact) mass is 1210 g/mol. The van der Waals surface area contributed by atoms with Gasteiger partial charge in [0.05, 0.1) is 39.8 Å². The number of fused-ring (bicyclic) bond motifs is 8. The number of carbonyl (C=O) groups excluding carboxylic acids is 5. The Morgan fingerprint density at radius 3 is 1.46 bits per heavy atom. The third-order valence-corrected chi connectivity index (χ3v) is 14.9. The van der Waals surface area contributed by atoms with E-state index >= 15 is 14.4 Å². The minimum Gasteiger partial charge on any atom is -0.507 e. The van der Waals surface area contributed by atoms with Crippen LogP contribution in [0.2, 0.25) is 0 Å². The van der Waals surface area contributed by atoms with E-state index in [0.29, 0.717) is 30.3 Å². The van der Waals surface area contributed by atoms with E-state index in [1.165, 1.54) is 6.07 Å². The highest BCUT2D eigenvalue weighted by molar-refractivity contribution is 6.11. The van der Waals surface area contributed by atoms with E-state index in [4.69, 9.17) is 28.4 Å². The maximum absolute atomic E-state index is 15.3. The average molecular weight is 1210 g/mol. The molecule has 0 fully saturated rings. The van der Waals surface area contributed by atoms with Crippen molar-refractivity contribution < 1.29 is 155 Å². The molecule has 0 unspecified atom stereocenters. The summed E-state index contributed by atoms with van der Waals surface area (Å²) < 4.78 is 35.1. The van der Waals surface area contributed by atoms with Crippen LogP contribution in [0.1, 0.15) is 86.1 Å². The van der Waals surface area contributed by atoms with E-state index in [2.05, 4.69) is 0 Å². The lowest BCUT2D eigenvalue weighted by atomic mass is 9.74. The third kappa shape index (κ3) is 8.66. The average Bonchev–Trinajstić information content (AvgIpc) is 0.968. The van der Waals surface area contributed by atoms with Gasteiger partial charge in [-0.3, -0.25) is 0 Å². The number of rotatable bonds is 5. The highest BCUT2D eigenvalue weighted by Gasteiger charge is 2.56. The fourth-order valence-corrected chi connectivity index (χ4v) is 10.9. The summed E-state index contributed by atoms with van der Waals surface area (Å²) >= 11 is 0. The maximum atomic E-state index is 15.3. The van der Waals surface area contributed by atoms with Gasteiger partial charge in [0.25, 0.3) is 0 Å². The molecule has 0 spiro atoms. The Morgan fingerprint density at radius 1 is 0.414 bits per heavy atom. The molecule has 11 rings (SSSR count). The van der Waals surface area contributed by atoms with Crippen molar-refractivity contribution >= 4 is 29.8 Å². The van der Waals surface area contributed by atoms with Crippen molar-refractivity contribution in [1.29, 1.82) is 0 Å². The first-order valence-electron chi connectivity index (χ1n) is 24.9. The van der Waals surface area contributed by atoms with Crippen LogP contribution in [0.15, 0.2) is 54.6 Å². The Balaban J connectivity index is 1.22. The minimum absolute atomic E-state index is 0.0205. The molecule has 0 aliphatic carbocycles. The van der Waals surface area contributed by atoms with Crippen LogP contribution in [0, 0.1) is 0 Å². The lowest BCUT2D eigenvalue weighted by Crippen LogP contribution is -2.56. The maximum Gasteiger partial charge on any atom is 0.339 e. The van der Waals surface area contributed by atoms with Crippen LogP contribution >= 0.6 is 0 Å². The number of carbonyl (C=O) groups is 5. The van der Waals surface area contributed by atoms with Crippen molar-refractivity contribution in [3.63, 3.8) is 0 Å². The predicted octanol–water partition coefficient (Wildman–Crippen LogP) is 3.30. The molecule has 0 saturated carbocycles. The normalized spacial score (nSPS) is 20.4. The van der Waals surface area contributed by atoms with Gasteiger partial charge in [-0.1, -0.05) is 6.07 Å². The van der Waals surface area contributed by atoms with Gasteiger partial charge in [-0.2, -0.15) is 0 Å². The van der Waals surface area contributed by atoms with E-state index in [1.807, 2.05) is 0 Å². The second-order valence-electron chi connectivity index (χ2n) is 19.9. The molecular weight excluding hydrogens is 1170 g/mol. The summed E-state index contributed by atoms with van der Waals surface area (Å²) in [7, 11) is 0. The minimum atomic E-state index is -3.00. The second-order valence-corrected chi connectivity index (χ2v) is 19.9. The summed E-state index contributed by atoms with van der Waals surface area (Å²) in [6.07, 6.45) is -15.4. The highest BCUT2D eigenvalue weighted by atomic mass is 16.6. The third-order valence-electron chi connectivity index (χ3n) is 14.9. The van der Waals surface area contributed by atoms with Gasteiger partial charge in [0.15, 0.2) is 99.2 Å². The van der Waals surface area contributed by atoms with E-state index in [1.54, 1.807) is 0 Å². The Kier molecular flexibility index (Phi) is 13.1. The van der Waals surface area contributed by atoms with Gasteiger partial charge in [-0.15, -0.1) is 0 Å². The molecule has 31 heteroatoms. The molecule has 31 nitrogen and oxygen atoms in total. The van der Waals surface area contributed by atoms with E-state index in [0.717, 1.165) is 18.2 Å². The van der Waals surface area contributed by atoms with Gasteiger partial charge in [0, 0.05) is 51.4 Å². The summed E-state index contributed by atoms with van der Waals surface area (Å²) in [6.45, 7) is -1.63. The fraction of sp³-hybridized carbons (Fsp3) is 0.161. The number of cyclic esters (lactones) is 3. The topological polar surface area (TPSA) is 545 Å². The first-order valence-corrected chi connectivity index (χ1v) is 24.9. The fourth-order valence-electron chi connectivity index (χ4n) is 10.9. The molecule has 20 N–H and O–H groups in total. The van der Waals surface area contributed by atoms with Crippen LogP contribution in [0.5, 0.6) is 115 Å². The zero-order valence-corrected chi connectivity index (χ0v) is 43.1. The summed E-state index contributed by atoms with van der Waals surface area (Å²) in [5.74, 6) is -37.9. The molecule has 0 radical (unpaired) electrons. The first-order chi connectivity index (χ1) is 41.0. The molecule has 7 aromatic rings. The number of hydrogen-bond donors (Lipinski definition) is 20. The molecule has 4 aliphatic heterocycles. The standard InChI is InChI=1S/C56H40O31/c57-18-2-1-12(3-19(18)58)48-26(65)6-14-27(83-48)10-20(59)32(37(14)66)35-34-36-33(45(74)47(76)46(34)75)31-17(9-25(64)41(70)44(31)73)55(80)87-51(50(35)86-56(36)81)49-28(84-52(77)13-4-21(60)38(67)22(61)5-13)11-82-53(78)15-7-23(62)39(68)42(71)29(15)30-16(54(79)85-49)8-24(63)40(69)43(30)72/h1-5,7-10,26,28,35,48-51,57-76H,6,11H2/t26-,28-,35-,48+,49-,50-,51+/m0/s1. The van der Waals surface area contributed by atoms with Crippen molar-refractivity contribution in [3.8, 4) is 137 Å². The lowest BCUT2D eigenvalue weighted by Gasteiger charge is -2.43. The molecule has 0 amide bonds. The summed E-state index contributed by atoms with van der Waals surface area (Å²) in [5, 5.41) is 222. The Bertz CT molecular complexity index is 4220. The van der Waals surface area contributed by atoms with Crippen molar-refractivity contribution in [2.45, 2.75) is 49.0 Å². The van der Waals surface area contributed by atoms with Crippen LogP contribution in [-0.4, -0.2) is 169 Å². The largest absolute Gasteiger partial charge is 0.507 e. The summed E-state index contributed by atoms with van der Waals surface area (Å²) in [4.78, 5) is 74.4. The molecule has 87 heavy (non-hydrogen) atoms. The molecule has 7 aromatic carbocycles. The summed E-state index contributed by atoms with van der Waals surface area (Å²) in [5.41, 5.74) is -13.3. The van der Waals surface area contributed by atoms with Crippen LogP contribution in [-0.2, 0) is 30.1 Å². The molecular formula is C56H40O31. The Hall–Kier alpha value is -12.2. The van der Waals surface area contributed by atoms with Crippen LogP contribution < -0.4 is 4.74 Å². The molecule has 4 heterocycles. The Labute approximate surface area is 480 Å². The van der Waals surface area contributed by atoms with Crippen LogP contribution in [0.4, 0.5) is 0 Å². The number of benzene rings is 7. The SMILES string of the molecule is O=C(O[C@H]1COC(=O)c2cc(O)c(O)c(O)c2-c2c(cc(O)c(O)c2O)C(=O)O[C@@H]1[C@H]1OC(=O)c2cc(O)c(O)c(O)c2-c2c(O)c(O)c(O)c3c2C(=O)O[C@H]1[C@H]3c1c(O)cc2c(c1O)C[C@H](O)[C@@H](c1ccc(O)c(O)c1)O2)c1cc(O)c(O)c(O)c1. The zero-order valence-electron chi connectivity index (χ0n) is 43.1.